The first kappa shape index (κ1) is 17.8. The van der Waals surface area contributed by atoms with Gasteiger partial charge in [-0.25, -0.2) is 0 Å². The molecule has 4 unspecified atom stereocenters. The van der Waals surface area contributed by atoms with Gasteiger partial charge in [-0.05, 0) is 73.5 Å². The molecule has 3 N–H and O–H groups in total. The van der Waals surface area contributed by atoms with Gasteiger partial charge in [-0.1, -0.05) is 38.3 Å². The lowest BCUT2D eigenvalue weighted by molar-refractivity contribution is 0.0869. The maximum atomic E-state index is 10.6. The van der Waals surface area contributed by atoms with E-state index in [1.165, 1.54) is 18.4 Å². The fraction of sp³-hybridized carbons (Fsp3) is 0.714. The van der Waals surface area contributed by atoms with Gasteiger partial charge in [-0.2, -0.15) is 0 Å². The molecular weight excluding hydrogens is 300 g/mol. The molecule has 1 saturated carbocycles. The smallest absolute Gasteiger partial charge is 0.119 e. The molecule has 0 aliphatic heterocycles. The van der Waals surface area contributed by atoms with Crippen molar-refractivity contribution >= 4 is 0 Å². The van der Waals surface area contributed by atoms with E-state index in [1.54, 1.807) is 6.07 Å². The average Bonchev–Trinajstić information content (AvgIpc) is 2.86. The van der Waals surface area contributed by atoms with E-state index < -0.39 is 0 Å². The summed E-state index contributed by atoms with van der Waals surface area (Å²) in [6.45, 7) is 2.18. The largest absolute Gasteiger partial charge is 0.508 e. The van der Waals surface area contributed by atoms with Crippen LogP contribution in [0.3, 0.4) is 0 Å². The topological polar surface area (TPSA) is 60.7 Å². The van der Waals surface area contributed by atoms with Crippen molar-refractivity contribution in [1.29, 1.82) is 0 Å². The Hall–Kier alpha value is -1.06. The summed E-state index contributed by atoms with van der Waals surface area (Å²) < 4.78 is 0. The van der Waals surface area contributed by atoms with E-state index in [2.05, 4.69) is 13.0 Å². The summed E-state index contributed by atoms with van der Waals surface area (Å²) in [5.74, 6) is 1.68. The van der Waals surface area contributed by atoms with Gasteiger partial charge in [0.05, 0.1) is 12.2 Å². The van der Waals surface area contributed by atoms with E-state index in [4.69, 9.17) is 0 Å². The third-order valence-corrected chi connectivity index (χ3v) is 6.34. The van der Waals surface area contributed by atoms with Crippen LogP contribution in [0.2, 0.25) is 0 Å². The highest BCUT2D eigenvalue weighted by Gasteiger charge is 2.44. The summed E-state index contributed by atoms with van der Waals surface area (Å²) in [5.41, 5.74) is 2.34. The minimum atomic E-state index is -0.251. The monoisotopic (exact) mass is 332 g/mol. The molecule has 0 heterocycles. The summed E-state index contributed by atoms with van der Waals surface area (Å²) in [5, 5.41) is 30.8. The Morgan fingerprint density at radius 2 is 2.00 bits per heavy atom. The average molecular weight is 332 g/mol. The summed E-state index contributed by atoms with van der Waals surface area (Å²) in [6, 6.07) is 5.81. The predicted octanol–water partition coefficient (Wildman–Crippen LogP) is 3.83. The van der Waals surface area contributed by atoms with Gasteiger partial charge in [0, 0.05) is 0 Å². The number of phenols is 1. The van der Waals surface area contributed by atoms with Gasteiger partial charge < -0.3 is 15.3 Å². The lowest BCUT2D eigenvalue weighted by Gasteiger charge is -2.32. The predicted molar refractivity (Wildman–Crippen MR) is 96.0 cm³/mol. The first-order valence-corrected chi connectivity index (χ1v) is 9.76. The van der Waals surface area contributed by atoms with E-state index in [1.807, 2.05) is 6.07 Å². The highest BCUT2D eigenvalue weighted by molar-refractivity contribution is 5.42. The van der Waals surface area contributed by atoms with Gasteiger partial charge >= 0.3 is 0 Å². The molecule has 0 aromatic heterocycles. The van der Waals surface area contributed by atoms with Gasteiger partial charge in [0.25, 0.3) is 0 Å². The molecule has 2 aliphatic carbocycles. The molecule has 1 aromatic rings. The number of aliphatic hydroxyl groups is 2. The minimum absolute atomic E-state index is 0.220. The van der Waals surface area contributed by atoms with Crippen molar-refractivity contribution in [3.05, 3.63) is 29.3 Å². The van der Waals surface area contributed by atoms with Gasteiger partial charge in [-0.15, -0.1) is 0 Å². The molecule has 134 valence electrons. The van der Waals surface area contributed by atoms with Crippen LogP contribution < -0.4 is 0 Å². The van der Waals surface area contributed by atoms with E-state index in [0.29, 0.717) is 23.5 Å². The molecule has 0 bridgehead atoms. The van der Waals surface area contributed by atoms with Crippen LogP contribution >= 0.6 is 0 Å². The molecule has 0 saturated heterocycles. The Balaban J connectivity index is 1.59. The molecular formula is C21H32O3. The first-order valence-electron chi connectivity index (χ1n) is 9.76. The normalized spacial score (nSPS) is 30.0. The highest BCUT2D eigenvalue weighted by atomic mass is 16.3. The first-order chi connectivity index (χ1) is 11.6. The Labute approximate surface area is 145 Å². The summed E-state index contributed by atoms with van der Waals surface area (Å²) in [6.07, 6.45) is 8.31. The molecule has 0 radical (unpaired) electrons. The molecule has 1 fully saturated rings. The second-order valence-corrected chi connectivity index (χ2v) is 7.94. The lowest BCUT2D eigenvalue weighted by Crippen LogP contribution is -2.27. The van der Waals surface area contributed by atoms with Crippen LogP contribution in [-0.2, 0) is 12.8 Å². The van der Waals surface area contributed by atoms with Crippen molar-refractivity contribution in [1.82, 2.24) is 0 Å². The molecule has 0 amide bonds. The molecule has 24 heavy (non-hydrogen) atoms. The third-order valence-electron chi connectivity index (χ3n) is 6.34. The van der Waals surface area contributed by atoms with Crippen molar-refractivity contribution in [2.45, 2.75) is 76.9 Å². The van der Waals surface area contributed by atoms with Crippen molar-refractivity contribution in [3.8, 4) is 5.75 Å². The van der Waals surface area contributed by atoms with E-state index >= 15 is 0 Å². The Morgan fingerprint density at radius 1 is 1.17 bits per heavy atom. The van der Waals surface area contributed by atoms with E-state index in [-0.39, 0.29) is 12.2 Å². The van der Waals surface area contributed by atoms with Crippen LogP contribution in [0, 0.1) is 17.8 Å². The van der Waals surface area contributed by atoms with Crippen LogP contribution in [-0.4, -0.2) is 27.5 Å². The second-order valence-electron chi connectivity index (χ2n) is 7.94. The third kappa shape index (κ3) is 3.78. The number of benzene rings is 1. The maximum Gasteiger partial charge on any atom is 0.119 e. The van der Waals surface area contributed by atoms with Crippen LogP contribution in [0.1, 0.15) is 63.0 Å². The number of rotatable bonds is 7. The van der Waals surface area contributed by atoms with Crippen molar-refractivity contribution in [2.24, 2.45) is 17.8 Å². The highest BCUT2D eigenvalue weighted by Crippen LogP contribution is 2.48. The second kappa shape index (κ2) is 7.88. The van der Waals surface area contributed by atoms with Crippen LogP contribution in [0.25, 0.3) is 0 Å². The van der Waals surface area contributed by atoms with Gasteiger partial charge in [0.15, 0.2) is 0 Å². The summed E-state index contributed by atoms with van der Waals surface area (Å²) in [7, 11) is 0. The standard InChI is InChI=1S/C21H32O3/c1-2-3-4-7-16(22)9-10-17-18-11-14-6-5-8-20(23)19(14)12-15(18)13-21(17)24/h5-6,8,15-18,21-24H,2-4,7,9-13H2,1H3/t15?,16-,17?,18?,21?/m0/s1. The zero-order chi connectivity index (χ0) is 17.1. The van der Waals surface area contributed by atoms with E-state index in [9.17, 15) is 15.3 Å². The number of unbranched alkanes of at least 4 members (excludes halogenated alkanes) is 2. The minimum Gasteiger partial charge on any atom is -0.508 e. The fourth-order valence-corrected chi connectivity index (χ4v) is 4.98. The molecule has 5 atom stereocenters. The van der Waals surface area contributed by atoms with Gasteiger partial charge in [0.2, 0.25) is 0 Å². The Bertz CT molecular complexity index is 542. The lowest BCUT2D eigenvalue weighted by atomic mass is 9.73. The number of hydrogen-bond acceptors (Lipinski definition) is 3. The van der Waals surface area contributed by atoms with E-state index in [0.717, 1.165) is 50.5 Å². The molecule has 3 rings (SSSR count). The van der Waals surface area contributed by atoms with Crippen molar-refractivity contribution in [3.63, 3.8) is 0 Å². The quantitative estimate of drug-likeness (QED) is 0.665. The molecule has 0 spiro atoms. The molecule has 1 aromatic carbocycles. The van der Waals surface area contributed by atoms with Gasteiger partial charge in [0.1, 0.15) is 5.75 Å². The number of phenolic OH excluding ortho intramolecular Hbond substituents is 1. The summed E-state index contributed by atoms with van der Waals surface area (Å²) in [4.78, 5) is 0. The Kier molecular flexibility index (Phi) is 5.83. The number of aliphatic hydroxyl groups excluding tert-OH is 2. The number of aromatic hydroxyl groups is 1. The van der Waals surface area contributed by atoms with Crippen LogP contribution in [0.15, 0.2) is 18.2 Å². The number of fused-ring (bicyclic) bond motifs is 2. The van der Waals surface area contributed by atoms with Crippen molar-refractivity contribution < 1.29 is 15.3 Å². The summed E-state index contributed by atoms with van der Waals surface area (Å²) >= 11 is 0. The Morgan fingerprint density at radius 3 is 2.79 bits per heavy atom. The fourth-order valence-electron chi connectivity index (χ4n) is 4.98. The zero-order valence-corrected chi connectivity index (χ0v) is 14.8. The molecule has 2 aliphatic rings. The van der Waals surface area contributed by atoms with Crippen LogP contribution in [0.4, 0.5) is 0 Å². The molecule has 3 heteroatoms. The zero-order valence-electron chi connectivity index (χ0n) is 14.8. The van der Waals surface area contributed by atoms with Crippen molar-refractivity contribution in [2.75, 3.05) is 0 Å². The maximum absolute atomic E-state index is 10.6. The molecule has 3 nitrogen and oxygen atoms in total. The SMILES string of the molecule is CCCCC[C@H](O)CCC1C(O)CC2Cc3c(O)cccc3CC21. The van der Waals surface area contributed by atoms with Crippen LogP contribution in [0.5, 0.6) is 5.75 Å². The number of hydrogen-bond donors (Lipinski definition) is 3. The van der Waals surface area contributed by atoms with Gasteiger partial charge in [-0.3, -0.25) is 0 Å².